The lowest BCUT2D eigenvalue weighted by Crippen LogP contribution is -2.26. The van der Waals surface area contributed by atoms with Gasteiger partial charge >= 0.3 is 5.97 Å². The fourth-order valence-electron chi connectivity index (χ4n) is 1.69. The molecule has 0 bridgehead atoms. The van der Waals surface area contributed by atoms with Crippen LogP contribution in [0.4, 0.5) is 13.2 Å². The predicted molar refractivity (Wildman–Crippen MR) is 45.1 cm³/mol. The number of aromatic carboxylic acids is 1. The molecule has 0 saturated heterocycles. The fraction of sp³-hybridized carbons (Fsp3) is 0.625. The highest BCUT2D eigenvalue weighted by Crippen LogP contribution is 2.43. The number of nitrogens with zero attached hydrogens (tertiary/aromatic N) is 3. The molecular weight excluding hydrogens is 227 g/mol. The third kappa shape index (κ3) is 1.54. The highest BCUT2D eigenvalue weighted by molar-refractivity contribution is 5.82. The van der Waals surface area contributed by atoms with Crippen LogP contribution in [0.5, 0.6) is 0 Å². The van der Waals surface area contributed by atoms with Gasteiger partial charge in [-0.25, -0.2) is 27.6 Å². The molecule has 5 nitrogen and oxygen atoms in total. The Morgan fingerprint density at radius 3 is 2.75 bits per heavy atom. The van der Waals surface area contributed by atoms with Crippen LogP contribution in [-0.2, 0) is 0 Å². The Kier molecular flexibility index (Phi) is 2.18. The molecule has 0 aromatic carbocycles. The summed E-state index contributed by atoms with van der Waals surface area (Å²) in [6.07, 6.45) is -2.13. The van der Waals surface area contributed by atoms with Crippen LogP contribution in [0.2, 0.25) is 0 Å². The summed E-state index contributed by atoms with van der Waals surface area (Å²) in [5, 5.41) is 11.9. The zero-order valence-corrected chi connectivity index (χ0v) is 8.19. The molecular formula is C8H8F3N3O2. The molecule has 0 radical (unpaired) electrons. The molecule has 8 heteroatoms. The molecule has 2 atom stereocenters. The van der Waals surface area contributed by atoms with Gasteiger partial charge in [-0.1, -0.05) is 0 Å². The van der Waals surface area contributed by atoms with Crippen molar-refractivity contribution in [1.82, 2.24) is 14.8 Å². The van der Waals surface area contributed by atoms with Crippen LogP contribution in [0.15, 0.2) is 0 Å². The molecule has 16 heavy (non-hydrogen) atoms. The van der Waals surface area contributed by atoms with E-state index < -0.39 is 36.4 Å². The molecule has 0 fully saturated rings. The molecule has 1 N–H and O–H groups in total. The van der Waals surface area contributed by atoms with Crippen molar-refractivity contribution >= 4 is 5.97 Å². The summed E-state index contributed by atoms with van der Waals surface area (Å²) >= 11 is 0. The van der Waals surface area contributed by atoms with Crippen molar-refractivity contribution in [3.05, 3.63) is 11.6 Å². The number of carboxylic acids is 1. The number of alkyl halides is 3. The number of fused-ring (bicyclic) bond motifs is 1. The summed E-state index contributed by atoms with van der Waals surface area (Å²) in [4.78, 5) is 13.9. The Bertz CT molecular complexity index is 440. The third-order valence-electron chi connectivity index (χ3n) is 2.44. The molecule has 1 aliphatic heterocycles. The van der Waals surface area contributed by atoms with E-state index in [4.69, 9.17) is 5.11 Å². The van der Waals surface area contributed by atoms with E-state index in [1.165, 1.54) is 0 Å². The van der Waals surface area contributed by atoms with Gasteiger partial charge in [-0.05, 0) is 0 Å². The molecule has 1 aromatic rings. The van der Waals surface area contributed by atoms with E-state index in [2.05, 4.69) is 10.1 Å². The number of hydrogen-bond donors (Lipinski definition) is 1. The van der Waals surface area contributed by atoms with Crippen LogP contribution in [-0.4, -0.2) is 31.8 Å². The van der Waals surface area contributed by atoms with Crippen molar-refractivity contribution < 1.29 is 23.1 Å². The zero-order valence-electron chi connectivity index (χ0n) is 8.19. The summed E-state index contributed by atoms with van der Waals surface area (Å²) in [5.41, 5.74) is 0. The quantitative estimate of drug-likeness (QED) is 0.845. The number of carbonyl (C=O) groups is 1. The average Bonchev–Trinajstić information content (AvgIpc) is 2.65. The van der Waals surface area contributed by atoms with Gasteiger partial charge in [-0.3, -0.25) is 0 Å². The topological polar surface area (TPSA) is 68.0 Å². The van der Waals surface area contributed by atoms with Crippen LogP contribution in [0.25, 0.3) is 0 Å². The van der Waals surface area contributed by atoms with Crippen molar-refractivity contribution in [3.8, 4) is 0 Å². The number of aromatic nitrogens is 3. The average molecular weight is 235 g/mol. The summed E-state index contributed by atoms with van der Waals surface area (Å²) in [6.45, 7) is 0.640. The van der Waals surface area contributed by atoms with E-state index >= 15 is 0 Å². The number of hydrogen-bond acceptors (Lipinski definition) is 3. The number of halogens is 3. The standard InChI is InChI=1S/C8H8F3N3O2/c1-8(10,11)4-2-3(9)6-12-5(7(15)16)13-14(4)6/h3-4H,2H2,1H3,(H,15,16)/t3-,4-/m0/s1. The second-order valence-electron chi connectivity index (χ2n) is 3.72. The van der Waals surface area contributed by atoms with Crippen LogP contribution in [0.1, 0.15) is 42.0 Å². The smallest absolute Gasteiger partial charge is 0.375 e. The lowest BCUT2D eigenvalue weighted by Gasteiger charge is -2.18. The van der Waals surface area contributed by atoms with Gasteiger partial charge in [-0.15, -0.1) is 5.10 Å². The summed E-state index contributed by atoms with van der Waals surface area (Å²) in [6, 6.07) is -1.47. The van der Waals surface area contributed by atoms with Crippen molar-refractivity contribution in [2.45, 2.75) is 31.5 Å². The summed E-state index contributed by atoms with van der Waals surface area (Å²) in [7, 11) is 0. The Morgan fingerprint density at radius 1 is 1.62 bits per heavy atom. The van der Waals surface area contributed by atoms with Crippen LogP contribution in [0.3, 0.4) is 0 Å². The van der Waals surface area contributed by atoms with Crippen LogP contribution < -0.4 is 0 Å². The van der Waals surface area contributed by atoms with Gasteiger partial charge in [0.25, 0.3) is 11.7 Å². The van der Waals surface area contributed by atoms with Crippen molar-refractivity contribution in [3.63, 3.8) is 0 Å². The van der Waals surface area contributed by atoms with Gasteiger partial charge in [0.05, 0.1) is 0 Å². The third-order valence-corrected chi connectivity index (χ3v) is 2.44. The first-order chi connectivity index (χ1) is 7.30. The SMILES string of the molecule is CC(F)(F)[C@@H]1C[C@H](F)c2nc(C(=O)O)nn21. The van der Waals surface area contributed by atoms with E-state index in [9.17, 15) is 18.0 Å². The molecule has 0 spiro atoms. The first kappa shape index (κ1) is 10.9. The second kappa shape index (κ2) is 3.19. The minimum Gasteiger partial charge on any atom is -0.475 e. The maximum absolute atomic E-state index is 13.3. The maximum atomic E-state index is 13.3. The normalized spacial score (nSPS) is 24.5. The Balaban J connectivity index is 2.45. The van der Waals surface area contributed by atoms with Gasteiger partial charge in [0.15, 0.2) is 12.0 Å². The number of rotatable bonds is 2. The van der Waals surface area contributed by atoms with Crippen LogP contribution in [0, 0.1) is 0 Å². The number of carboxylic acid groups (broad SMARTS) is 1. The second-order valence-corrected chi connectivity index (χ2v) is 3.72. The van der Waals surface area contributed by atoms with Gasteiger partial charge in [0, 0.05) is 13.3 Å². The molecule has 2 heterocycles. The molecule has 0 unspecified atom stereocenters. The summed E-state index contributed by atoms with van der Waals surface area (Å²) < 4.78 is 40.2. The molecule has 2 rings (SSSR count). The minimum absolute atomic E-state index is 0.344. The predicted octanol–water partition coefficient (Wildman–Crippen LogP) is 1.59. The van der Waals surface area contributed by atoms with E-state index in [1.807, 2.05) is 0 Å². The summed E-state index contributed by atoms with van der Waals surface area (Å²) in [5.74, 6) is -5.64. The molecule has 1 aliphatic rings. The van der Waals surface area contributed by atoms with E-state index in [0.29, 0.717) is 11.6 Å². The lowest BCUT2D eigenvalue weighted by atomic mass is 10.1. The van der Waals surface area contributed by atoms with Crippen molar-refractivity contribution in [1.29, 1.82) is 0 Å². The van der Waals surface area contributed by atoms with E-state index in [-0.39, 0.29) is 5.82 Å². The van der Waals surface area contributed by atoms with Gasteiger partial charge < -0.3 is 5.11 Å². The Labute approximate surface area is 87.9 Å². The monoisotopic (exact) mass is 235 g/mol. The highest BCUT2D eigenvalue weighted by Gasteiger charge is 2.46. The largest absolute Gasteiger partial charge is 0.475 e. The molecule has 0 saturated carbocycles. The fourth-order valence-corrected chi connectivity index (χ4v) is 1.69. The molecule has 88 valence electrons. The van der Waals surface area contributed by atoms with Crippen LogP contribution >= 0.6 is 0 Å². The van der Waals surface area contributed by atoms with Gasteiger partial charge in [0.2, 0.25) is 0 Å². The zero-order chi connectivity index (χ0) is 12.1. The Hall–Kier alpha value is -1.60. The first-order valence-corrected chi connectivity index (χ1v) is 4.52. The van der Waals surface area contributed by atoms with Crippen molar-refractivity contribution in [2.24, 2.45) is 0 Å². The maximum Gasteiger partial charge on any atom is 0.375 e. The van der Waals surface area contributed by atoms with E-state index in [0.717, 1.165) is 0 Å². The molecule has 1 aromatic heterocycles. The Morgan fingerprint density at radius 2 is 2.25 bits per heavy atom. The van der Waals surface area contributed by atoms with E-state index in [1.54, 1.807) is 0 Å². The van der Waals surface area contributed by atoms with Gasteiger partial charge in [0.1, 0.15) is 6.04 Å². The van der Waals surface area contributed by atoms with Gasteiger partial charge in [-0.2, -0.15) is 0 Å². The minimum atomic E-state index is -3.17. The lowest BCUT2D eigenvalue weighted by molar-refractivity contribution is -0.0373. The first-order valence-electron chi connectivity index (χ1n) is 4.52. The van der Waals surface area contributed by atoms with Crippen molar-refractivity contribution in [2.75, 3.05) is 0 Å². The highest BCUT2D eigenvalue weighted by atomic mass is 19.3. The molecule has 0 aliphatic carbocycles. The molecule has 0 amide bonds.